The van der Waals surface area contributed by atoms with Gasteiger partial charge in [0.15, 0.2) is 11.5 Å². The molecule has 0 aromatic carbocycles. The van der Waals surface area contributed by atoms with Crippen molar-refractivity contribution in [1.82, 2.24) is 10.1 Å². The van der Waals surface area contributed by atoms with Crippen molar-refractivity contribution in [2.24, 2.45) is 0 Å². The SMILES string of the molecule is CCC1CN(Cc2cc(C(=O)O)no2)CCS1. The molecular formula is C11H16N2O3S. The minimum atomic E-state index is -1.04. The lowest BCUT2D eigenvalue weighted by atomic mass is 10.2. The molecule has 1 aromatic rings. The van der Waals surface area contributed by atoms with Gasteiger partial charge in [-0.25, -0.2) is 4.79 Å². The Kier molecular flexibility index (Phi) is 4.06. The van der Waals surface area contributed by atoms with Gasteiger partial charge in [0.2, 0.25) is 0 Å². The van der Waals surface area contributed by atoms with Crippen molar-refractivity contribution in [3.05, 3.63) is 17.5 Å². The predicted octanol–water partition coefficient (Wildman–Crippen LogP) is 1.70. The van der Waals surface area contributed by atoms with Gasteiger partial charge in [0.25, 0.3) is 0 Å². The molecule has 0 spiro atoms. The van der Waals surface area contributed by atoms with Gasteiger partial charge in [-0.15, -0.1) is 0 Å². The summed E-state index contributed by atoms with van der Waals surface area (Å²) < 4.78 is 5.02. The Balaban J connectivity index is 1.93. The van der Waals surface area contributed by atoms with Gasteiger partial charge in [0.05, 0.1) is 6.54 Å². The summed E-state index contributed by atoms with van der Waals surface area (Å²) in [5.74, 6) is 0.711. The van der Waals surface area contributed by atoms with Crippen LogP contribution in [0.1, 0.15) is 29.6 Å². The van der Waals surface area contributed by atoms with E-state index in [1.165, 1.54) is 6.07 Å². The van der Waals surface area contributed by atoms with Crippen molar-refractivity contribution >= 4 is 17.7 Å². The van der Waals surface area contributed by atoms with Crippen LogP contribution in [0.5, 0.6) is 0 Å². The first-order chi connectivity index (χ1) is 8.19. The molecule has 1 aliphatic rings. The molecule has 1 aromatic heterocycles. The van der Waals surface area contributed by atoms with Crippen molar-refractivity contribution in [2.45, 2.75) is 25.1 Å². The second-order valence-electron chi connectivity index (χ2n) is 4.12. The van der Waals surface area contributed by atoms with E-state index in [2.05, 4.69) is 17.0 Å². The molecule has 1 saturated heterocycles. The van der Waals surface area contributed by atoms with E-state index in [0.29, 0.717) is 17.6 Å². The number of carbonyl (C=O) groups is 1. The lowest BCUT2D eigenvalue weighted by Gasteiger charge is -2.30. The largest absolute Gasteiger partial charge is 0.476 e. The molecule has 17 heavy (non-hydrogen) atoms. The minimum absolute atomic E-state index is 0.0153. The van der Waals surface area contributed by atoms with Crippen LogP contribution in [0.2, 0.25) is 0 Å². The fourth-order valence-electron chi connectivity index (χ4n) is 1.88. The van der Waals surface area contributed by atoms with E-state index in [1.807, 2.05) is 11.8 Å². The Bertz CT molecular complexity index is 394. The first-order valence-corrected chi connectivity index (χ1v) is 6.76. The summed E-state index contributed by atoms with van der Waals surface area (Å²) in [4.78, 5) is 13.0. The summed E-state index contributed by atoms with van der Waals surface area (Å²) in [6.07, 6.45) is 1.16. The number of rotatable bonds is 4. The fourth-order valence-corrected chi connectivity index (χ4v) is 3.13. The fraction of sp³-hybridized carbons (Fsp3) is 0.636. The van der Waals surface area contributed by atoms with Crippen LogP contribution >= 0.6 is 11.8 Å². The van der Waals surface area contributed by atoms with Crippen LogP contribution in [-0.4, -0.2) is 45.2 Å². The first kappa shape index (κ1) is 12.4. The van der Waals surface area contributed by atoms with E-state index in [-0.39, 0.29) is 5.69 Å². The van der Waals surface area contributed by atoms with Gasteiger partial charge in [-0.2, -0.15) is 11.8 Å². The topological polar surface area (TPSA) is 66.6 Å². The van der Waals surface area contributed by atoms with E-state index < -0.39 is 5.97 Å². The highest BCUT2D eigenvalue weighted by Gasteiger charge is 2.20. The molecule has 0 radical (unpaired) electrons. The lowest BCUT2D eigenvalue weighted by Crippen LogP contribution is -2.36. The van der Waals surface area contributed by atoms with Gasteiger partial charge in [0, 0.05) is 30.2 Å². The van der Waals surface area contributed by atoms with Crippen LogP contribution in [0, 0.1) is 0 Å². The van der Waals surface area contributed by atoms with Crippen molar-refractivity contribution in [3.63, 3.8) is 0 Å². The Labute approximate surface area is 104 Å². The average molecular weight is 256 g/mol. The van der Waals surface area contributed by atoms with E-state index >= 15 is 0 Å². The van der Waals surface area contributed by atoms with Crippen molar-refractivity contribution in [2.75, 3.05) is 18.8 Å². The average Bonchev–Trinajstić information content (AvgIpc) is 2.78. The standard InChI is InChI=1S/C11H16N2O3S/c1-2-9-7-13(3-4-17-9)6-8-5-10(11(14)15)12-16-8/h5,9H,2-4,6-7H2,1H3,(H,14,15). The third kappa shape index (κ3) is 3.23. The van der Waals surface area contributed by atoms with E-state index in [0.717, 1.165) is 25.3 Å². The number of thioether (sulfide) groups is 1. The molecule has 0 amide bonds. The van der Waals surface area contributed by atoms with Crippen LogP contribution in [0.25, 0.3) is 0 Å². The van der Waals surface area contributed by atoms with E-state index in [9.17, 15) is 4.79 Å². The summed E-state index contributed by atoms with van der Waals surface area (Å²) in [6.45, 7) is 4.89. The van der Waals surface area contributed by atoms with Crippen LogP contribution < -0.4 is 0 Å². The second kappa shape index (κ2) is 5.55. The number of hydrogen-bond acceptors (Lipinski definition) is 5. The number of hydrogen-bond donors (Lipinski definition) is 1. The van der Waals surface area contributed by atoms with Gasteiger partial charge in [0.1, 0.15) is 0 Å². The molecule has 1 atom stereocenters. The second-order valence-corrected chi connectivity index (χ2v) is 5.53. The lowest BCUT2D eigenvalue weighted by molar-refractivity contribution is 0.0685. The summed E-state index contributed by atoms with van der Waals surface area (Å²) in [7, 11) is 0. The molecular weight excluding hydrogens is 240 g/mol. The number of aromatic nitrogens is 1. The third-order valence-electron chi connectivity index (χ3n) is 2.84. The number of aromatic carboxylic acids is 1. The number of carboxylic acid groups (broad SMARTS) is 1. The molecule has 0 bridgehead atoms. The van der Waals surface area contributed by atoms with Crippen LogP contribution in [-0.2, 0) is 6.54 Å². The maximum atomic E-state index is 10.7. The van der Waals surface area contributed by atoms with Gasteiger partial charge in [-0.3, -0.25) is 4.90 Å². The molecule has 1 unspecified atom stereocenters. The van der Waals surface area contributed by atoms with E-state index in [1.54, 1.807) is 0 Å². The predicted molar refractivity (Wildman–Crippen MR) is 65.3 cm³/mol. The summed E-state index contributed by atoms with van der Waals surface area (Å²) in [6, 6.07) is 1.50. The Morgan fingerprint density at radius 3 is 3.24 bits per heavy atom. The normalized spacial score (nSPS) is 21.6. The van der Waals surface area contributed by atoms with Crippen LogP contribution in [0.4, 0.5) is 0 Å². The Hall–Kier alpha value is -1.01. The Morgan fingerprint density at radius 1 is 1.76 bits per heavy atom. The molecule has 1 fully saturated rings. The monoisotopic (exact) mass is 256 g/mol. The zero-order chi connectivity index (χ0) is 12.3. The van der Waals surface area contributed by atoms with Crippen molar-refractivity contribution in [3.8, 4) is 0 Å². The van der Waals surface area contributed by atoms with E-state index in [4.69, 9.17) is 9.63 Å². The Morgan fingerprint density at radius 2 is 2.59 bits per heavy atom. The summed E-state index contributed by atoms with van der Waals surface area (Å²) >= 11 is 2.01. The zero-order valence-electron chi connectivity index (χ0n) is 9.76. The van der Waals surface area contributed by atoms with Gasteiger partial charge < -0.3 is 9.63 Å². The number of nitrogens with zero attached hydrogens (tertiary/aromatic N) is 2. The third-order valence-corrected chi connectivity index (χ3v) is 4.21. The van der Waals surface area contributed by atoms with Gasteiger partial charge in [-0.05, 0) is 6.42 Å². The minimum Gasteiger partial charge on any atom is -0.476 e. The summed E-state index contributed by atoms with van der Waals surface area (Å²) in [5.41, 5.74) is -0.0153. The van der Waals surface area contributed by atoms with Crippen LogP contribution in [0.3, 0.4) is 0 Å². The molecule has 6 heteroatoms. The number of carboxylic acids is 1. The first-order valence-electron chi connectivity index (χ1n) is 5.72. The molecule has 2 heterocycles. The summed E-state index contributed by atoms with van der Waals surface area (Å²) in [5, 5.41) is 12.9. The highest BCUT2D eigenvalue weighted by atomic mass is 32.2. The molecule has 1 N–H and O–H groups in total. The smallest absolute Gasteiger partial charge is 0.358 e. The molecule has 5 nitrogen and oxygen atoms in total. The molecule has 0 saturated carbocycles. The van der Waals surface area contributed by atoms with Crippen molar-refractivity contribution in [1.29, 1.82) is 0 Å². The highest BCUT2D eigenvalue weighted by Crippen LogP contribution is 2.22. The molecule has 1 aliphatic heterocycles. The quantitative estimate of drug-likeness (QED) is 0.884. The van der Waals surface area contributed by atoms with Crippen molar-refractivity contribution < 1.29 is 14.4 Å². The molecule has 2 rings (SSSR count). The molecule has 0 aliphatic carbocycles. The molecule has 94 valence electrons. The highest BCUT2D eigenvalue weighted by molar-refractivity contribution is 8.00. The van der Waals surface area contributed by atoms with Crippen LogP contribution in [0.15, 0.2) is 10.6 Å². The van der Waals surface area contributed by atoms with Gasteiger partial charge in [-0.1, -0.05) is 12.1 Å². The van der Waals surface area contributed by atoms with Gasteiger partial charge >= 0.3 is 5.97 Å². The maximum Gasteiger partial charge on any atom is 0.358 e. The zero-order valence-corrected chi connectivity index (χ0v) is 10.6. The maximum absolute atomic E-state index is 10.7.